The van der Waals surface area contributed by atoms with Crippen LogP contribution in [-0.2, 0) is 0 Å². The summed E-state index contributed by atoms with van der Waals surface area (Å²) >= 11 is 0. The van der Waals surface area contributed by atoms with Crippen molar-refractivity contribution in [1.82, 2.24) is 0 Å². The van der Waals surface area contributed by atoms with Crippen LogP contribution in [0.25, 0.3) is 0 Å². The van der Waals surface area contributed by atoms with Gasteiger partial charge in [0.2, 0.25) is 0 Å². The Bertz CT molecular complexity index is 226. The van der Waals surface area contributed by atoms with Crippen LogP contribution >= 0.6 is 0 Å². The third-order valence-electron chi connectivity index (χ3n) is 1.54. The molecule has 11 heavy (non-hydrogen) atoms. The predicted octanol–water partition coefficient (Wildman–Crippen LogP) is 2.25. The number of hydrogen-bond acceptors (Lipinski definition) is 2. The second-order valence-corrected chi connectivity index (χ2v) is 2.82. The molecule has 0 radical (unpaired) electrons. The van der Waals surface area contributed by atoms with E-state index < -0.39 is 0 Å². The first-order valence-electron chi connectivity index (χ1n) is 3.62. The highest BCUT2D eigenvalue weighted by molar-refractivity contribution is 5.13. The summed E-state index contributed by atoms with van der Waals surface area (Å²) in [6.45, 7) is 5.77. The van der Waals surface area contributed by atoms with Crippen molar-refractivity contribution in [3.63, 3.8) is 0 Å². The van der Waals surface area contributed by atoms with E-state index >= 15 is 0 Å². The Morgan fingerprint density at radius 2 is 2.55 bits per heavy atom. The van der Waals surface area contributed by atoms with Gasteiger partial charge in [0, 0.05) is 11.6 Å². The van der Waals surface area contributed by atoms with Crippen molar-refractivity contribution in [2.75, 3.05) is 0 Å². The fourth-order valence-corrected chi connectivity index (χ4v) is 0.979. The summed E-state index contributed by atoms with van der Waals surface area (Å²) in [5.74, 6) is 0. The second kappa shape index (κ2) is 3.39. The van der Waals surface area contributed by atoms with Gasteiger partial charge >= 0.3 is 0 Å². The molecule has 0 aromatic carbocycles. The molecular weight excluding hydrogens is 138 g/mol. The average Bonchev–Trinajstić information content (AvgIpc) is 2.35. The molecule has 1 aromatic rings. The van der Waals surface area contributed by atoms with E-state index in [0.717, 1.165) is 17.6 Å². The molecule has 0 aliphatic heterocycles. The van der Waals surface area contributed by atoms with Crippen molar-refractivity contribution in [3.8, 4) is 0 Å². The molecule has 2 nitrogen and oxygen atoms in total. The normalized spacial score (nSPS) is 12.9. The van der Waals surface area contributed by atoms with Gasteiger partial charge in [0.25, 0.3) is 0 Å². The highest BCUT2D eigenvalue weighted by Crippen LogP contribution is 2.17. The third kappa shape index (κ3) is 2.24. The SMILES string of the molecule is C=C(C)CC(N)c1ccoc1. The number of hydrogen-bond donors (Lipinski definition) is 1. The van der Waals surface area contributed by atoms with E-state index in [4.69, 9.17) is 10.2 Å². The highest BCUT2D eigenvalue weighted by Gasteiger charge is 2.05. The quantitative estimate of drug-likeness (QED) is 0.673. The molecule has 1 unspecified atom stereocenters. The Balaban J connectivity index is 2.56. The molecule has 60 valence electrons. The van der Waals surface area contributed by atoms with Crippen LogP contribution in [0.3, 0.4) is 0 Å². The van der Waals surface area contributed by atoms with E-state index in [1.807, 2.05) is 13.0 Å². The van der Waals surface area contributed by atoms with Crippen LogP contribution in [0.4, 0.5) is 0 Å². The van der Waals surface area contributed by atoms with Crippen LogP contribution < -0.4 is 5.73 Å². The Labute approximate surface area is 66.7 Å². The first kappa shape index (κ1) is 8.08. The zero-order valence-electron chi connectivity index (χ0n) is 6.71. The molecule has 0 bridgehead atoms. The minimum absolute atomic E-state index is 0.0336. The first-order valence-corrected chi connectivity index (χ1v) is 3.62. The Morgan fingerprint density at radius 3 is 3.00 bits per heavy atom. The van der Waals surface area contributed by atoms with E-state index in [1.165, 1.54) is 0 Å². The van der Waals surface area contributed by atoms with Crippen LogP contribution in [0.2, 0.25) is 0 Å². The average molecular weight is 151 g/mol. The molecule has 2 heteroatoms. The van der Waals surface area contributed by atoms with Crippen LogP contribution in [0.5, 0.6) is 0 Å². The highest BCUT2D eigenvalue weighted by atomic mass is 16.3. The standard InChI is InChI=1S/C9H13NO/c1-7(2)5-9(10)8-3-4-11-6-8/h3-4,6,9H,1,5,10H2,2H3. The molecule has 1 rings (SSSR count). The topological polar surface area (TPSA) is 39.2 Å². The van der Waals surface area contributed by atoms with Gasteiger partial charge in [-0.2, -0.15) is 0 Å². The lowest BCUT2D eigenvalue weighted by Crippen LogP contribution is -2.08. The summed E-state index contributed by atoms with van der Waals surface area (Å²) in [5, 5.41) is 0. The largest absolute Gasteiger partial charge is 0.472 e. The lowest BCUT2D eigenvalue weighted by Gasteiger charge is -2.07. The van der Waals surface area contributed by atoms with Gasteiger partial charge in [0.05, 0.1) is 12.5 Å². The van der Waals surface area contributed by atoms with Crippen molar-refractivity contribution < 1.29 is 4.42 Å². The van der Waals surface area contributed by atoms with Crippen molar-refractivity contribution in [1.29, 1.82) is 0 Å². The number of nitrogens with two attached hydrogens (primary N) is 1. The fourth-order valence-electron chi connectivity index (χ4n) is 0.979. The molecule has 0 saturated heterocycles. The van der Waals surface area contributed by atoms with Gasteiger partial charge < -0.3 is 10.2 Å². The molecule has 1 heterocycles. The summed E-state index contributed by atoms with van der Waals surface area (Å²) < 4.78 is 4.91. The van der Waals surface area contributed by atoms with Gasteiger partial charge in [-0.25, -0.2) is 0 Å². The summed E-state index contributed by atoms with van der Waals surface area (Å²) in [6, 6.07) is 1.92. The van der Waals surface area contributed by atoms with E-state index in [1.54, 1.807) is 12.5 Å². The van der Waals surface area contributed by atoms with Crippen molar-refractivity contribution in [2.24, 2.45) is 5.73 Å². The lowest BCUT2D eigenvalue weighted by molar-refractivity contribution is 0.558. The smallest absolute Gasteiger partial charge is 0.0950 e. The van der Waals surface area contributed by atoms with Crippen LogP contribution in [-0.4, -0.2) is 0 Å². The van der Waals surface area contributed by atoms with Gasteiger partial charge in [0.1, 0.15) is 0 Å². The van der Waals surface area contributed by atoms with E-state index in [-0.39, 0.29) is 6.04 Å². The van der Waals surface area contributed by atoms with Crippen LogP contribution in [0, 0.1) is 0 Å². The molecular formula is C9H13NO. The summed E-state index contributed by atoms with van der Waals surface area (Å²) in [6.07, 6.45) is 4.13. The van der Waals surface area contributed by atoms with Gasteiger partial charge in [-0.05, 0) is 19.4 Å². The molecule has 0 fully saturated rings. The predicted molar refractivity (Wildman–Crippen MR) is 45.1 cm³/mol. The molecule has 0 spiro atoms. The maximum Gasteiger partial charge on any atom is 0.0950 e. The maximum atomic E-state index is 5.82. The summed E-state index contributed by atoms with van der Waals surface area (Å²) in [4.78, 5) is 0. The van der Waals surface area contributed by atoms with Crippen molar-refractivity contribution in [2.45, 2.75) is 19.4 Å². The second-order valence-electron chi connectivity index (χ2n) is 2.82. The Morgan fingerprint density at radius 1 is 1.82 bits per heavy atom. The Kier molecular flexibility index (Phi) is 2.49. The monoisotopic (exact) mass is 151 g/mol. The summed E-state index contributed by atoms with van der Waals surface area (Å²) in [7, 11) is 0. The zero-order chi connectivity index (χ0) is 8.27. The van der Waals surface area contributed by atoms with Gasteiger partial charge in [0.15, 0.2) is 0 Å². The maximum absolute atomic E-state index is 5.82. The van der Waals surface area contributed by atoms with Crippen LogP contribution in [0.1, 0.15) is 24.9 Å². The van der Waals surface area contributed by atoms with Crippen molar-refractivity contribution in [3.05, 3.63) is 36.3 Å². The first-order chi connectivity index (χ1) is 5.20. The molecule has 1 aromatic heterocycles. The van der Waals surface area contributed by atoms with E-state index in [2.05, 4.69) is 6.58 Å². The minimum Gasteiger partial charge on any atom is -0.472 e. The number of furan rings is 1. The Hall–Kier alpha value is -1.02. The van der Waals surface area contributed by atoms with Gasteiger partial charge in [-0.15, -0.1) is 6.58 Å². The molecule has 0 saturated carbocycles. The molecule has 0 aliphatic rings. The van der Waals surface area contributed by atoms with E-state index in [9.17, 15) is 0 Å². The number of rotatable bonds is 3. The third-order valence-corrected chi connectivity index (χ3v) is 1.54. The van der Waals surface area contributed by atoms with Crippen molar-refractivity contribution >= 4 is 0 Å². The molecule has 1 atom stereocenters. The summed E-state index contributed by atoms with van der Waals surface area (Å²) in [5.41, 5.74) is 7.95. The van der Waals surface area contributed by atoms with Gasteiger partial charge in [-0.1, -0.05) is 5.57 Å². The molecule has 0 aliphatic carbocycles. The lowest BCUT2D eigenvalue weighted by atomic mass is 10.0. The minimum atomic E-state index is 0.0336. The van der Waals surface area contributed by atoms with Gasteiger partial charge in [-0.3, -0.25) is 0 Å². The molecule has 2 N–H and O–H groups in total. The fraction of sp³-hybridized carbons (Fsp3) is 0.333. The van der Waals surface area contributed by atoms with Crippen LogP contribution in [0.15, 0.2) is 35.2 Å². The molecule has 0 amide bonds. The zero-order valence-corrected chi connectivity index (χ0v) is 6.71. The van der Waals surface area contributed by atoms with E-state index in [0.29, 0.717) is 0 Å².